The minimum absolute atomic E-state index is 0.144. The number of nitrogens with zero attached hydrogens (tertiary/aromatic N) is 3. The van der Waals surface area contributed by atoms with Crippen molar-refractivity contribution in [1.82, 2.24) is 0 Å². The molecule has 2 atom stereocenters. The van der Waals surface area contributed by atoms with Crippen LogP contribution in [0.5, 0.6) is 0 Å². The summed E-state index contributed by atoms with van der Waals surface area (Å²) in [4.78, 5) is 0. The van der Waals surface area contributed by atoms with E-state index < -0.39 is 0 Å². The minimum Gasteiger partial charge on any atom is -0.192 e. The number of hydrogen-bond acceptors (Lipinski definition) is 3. The van der Waals surface area contributed by atoms with Crippen LogP contribution in [-0.4, -0.2) is 0 Å². The average Bonchev–Trinajstić information content (AvgIpc) is 3.10. The SMILES string of the molecule is N#Cc1cc2c(c(C#N)c1-c1ccc3c4ccccc4c4ccccc4c3c1)C1c3ccccc3C2c2cccc(C#N)c21. The molecule has 44 heavy (non-hydrogen) atoms. The van der Waals surface area contributed by atoms with Crippen molar-refractivity contribution in [3.8, 4) is 29.3 Å². The third-order valence-corrected chi connectivity index (χ3v) is 9.74. The van der Waals surface area contributed by atoms with Crippen LogP contribution in [-0.2, 0) is 0 Å². The Balaban J connectivity index is 1.39. The van der Waals surface area contributed by atoms with Crippen LogP contribution in [0.4, 0.5) is 0 Å². The molecule has 3 nitrogen and oxygen atoms in total. The van der Waals surface area contributed by atoms with E-state index in [0.29, 0.717) is 22.3 Å². The highest BCUT2D eigenvalue weighted by Gasteiger charge is 2.44. The van der Waals surface area contributed by atoms with Gasteiger partial charge in [0.1, 0.15) is 6.07 Å². The van der Waals surface area contributed by atoms with Crippen LogP contribution in [0.25, 0.3) is 43.4 Å². The predicted octanol–water partition coefficient (Wildman–Crippen LogP) is 9.42. The minimum atomic E-state index is -0.261. The van der Waals surface area contributed by atoms with E-state index in [4.69, 9.17) is 0 Å². The molecule has 0 saturated carbocycles. The molecule has 0 aromatic heterocycles. The number of nitriles is 3. The standard InChI is InChI=1S/C41H21N3/c42-20-24-8-7-15-33-38(24)41-32-14-6-5-13-31(32)39(33)35-19-25(21-43)37(36(22-44)40(35)41)23-16-17-30-28-11-2-1-9-26(28)27-10-3-4-12-29(27)34(30)18-23/h1-19,39,41H. The van der Waals surface area contributed by atoms with Crippen LogP contribution in [0.1, 0.15) is 61.9 Å². The van der Waals surface area contributed by atoms with E-state index in [-0.39, 0.29) is 11.8 Å². The first kappa shape index (κ1) is 24.4. The van der Waals surface area contributed by atoms with E-state index in [0.717, 1.165) is 49.5 Å². The Kier molecular flexibility index (Phi) is 4.93. The van der Waals surface area contributed by atoms with Crippen LogP contribution in [0.15, 0.2) is 115 Å². The van der Waals surface area contributed by atoms with Gasteiger partial charge in [-0.1, -0.05) is 97.1 Å². The van der Waals surface area contributed by atoms with Crippen molar-refractivity contribution in [3.05, 3.63) is 165 Å². The van der Waals surface area contributed by atoms with Gasteiger partial charge in [-0.3, -0.25) is 0 Å². The highest BCUT2D eigenvalue weighted by Crippen LogP contribution is 2.58. The number of benzene rings is 7. The van der Waals surface area contributed by atoms with Gasteiger partial charge in [0.2, 0.25) is 0 Å². The lowest BCUT2D eigenvalue weighted by atomic mass is 9.58. The van der Waals surface area contributed by atoms with Crippen LogP contribution < -0.4 is 0 Å². The number of hydrogen-bond donors (Lipinski definition) is 0. The maximum absolute atomic E-state index is 10.9. The molecule has 3 aliphatic rings. The molecule has 0 radical (unpaired) electrons. The van der Waals surface area contributed by atoms with Crippen LogP contribution in [0.2, 0.25) is 0 Å². The molecule has 0 fully saturated rings. The Morgan fingerprint density at radius 2 is 0.977 bits per heavy atom. The monoisotopic (exact) mass is 555 g/mol. The molecule has 2 bridgehead atoms. The molecule has 2 unspecified atom stereocenters. The van der Waals surface area contributed by atoms with Gasteiger partial charge in [0.15, 0.2) is 0 Å². The van der Waals surface area contributed by atoms with Gasteiger partial charge in [-0.25, -0.2) is 0 Å². The van der Waals surface area contributed by atoms with Gasteiger partial charge in [0.05, 0.1) is 28.8 Å². The van der Waals surface area contributed by atoms with Gasteiger partial charge < -0.3 is 0 Å². The summed E-state index contributed by atoms with van der Waals surface area (Å²) in [5.74, 6) is -0.405. The summed E-state index contributed by atoms with van der Waals surface area (Å²) in [5, 5.41) is 38.6. The maximum Gasteiger partial charge on any atom is 0.100 e. The molecule has 0 heterocycles. The van der Waals surface area contributed by atoms with Gasteiger partial charge in [-0.15, -0.1) is 0 Å². The molecule has 0 spiro atoms. The van der Waals surface area contributed by atoms with Crippen molar-refractivity contribution in [2.24, 2.45) is 0 Å². The Labute approximate surface area is 254 Å². The Hall–Kier alpha value is -6.21. The molecule has 0 N–H and O–H groups in total. The number of rotatable bonds is 1. The van der Waals surface area contributed by atoms with Gasteiger partial charge in [-0.05, 0) is 89.5 Å². The molecule has 7 aromatic rings. The van der Waals surface area contributed by atoms with E-state index in [1.54, 1.807) is 0 Å². The van der Waals surface area contributed by atoms with E-state index in [1.165, 1.54) is 21.7 Å². The van der Waals surface area contributed by atoms with Crippen LogP contribution in [0.3, 0.4) is 0 Å². The molecular weight excluding hydrogens is 534 g/mol. The summed E-state index contributed by atoms with van der Waals surface area (Å²) in [7, 11) is 0. The second-order valence-corrected chi connectivity index (χ2v) is 11.7. The molecule has 0 amide bonds. The average molecular weight is 556 g/mol. The predicted molar refractivity (Wildman–Crippen MR) is 173 cm³/mol. The zero-order valence-corrected chi connectivity index (χ0v) is 23.5. The molecule has 200 valence electrons. The summed E-state index contributed by atoms with van der Waals surface area (Å²) in [5.41, 5.74) is 9.44. The van der Waals surface area contributed by atoms with Crippen molar-refractivity contribution < 1.29 is 0 Å². The number of fused-ring (bicyclic) bond motifs is 6. The van der Waals surface area contributed by atoms with Gasteiger partial charge in [-0.2, -0.15) is 15.8 Å². The highest BCUT2D eigenvalue weighted by molar-refractivity contribution is 6.25. The highest BCUT2D eigenvalue weighted by atomic mass is 14.5. The van der Waals surface area contributed by atoms with Crippen LogP contribution >= 0.6 is 0 Å². The third-order valence-electron chi connectivity index (χ3n) is 9.74. The van der Waals surface area contributed by atoms with E-state index in [9.17, 15) is 15.8 Å². The molecule has 7 aromatic carbocycles. The third kappa shape index (κ3) is 3.02. The molecule has 0 saturated heterocycles. The smallest absolute Gasteiger partial charge is 0.100 e. The second-order valence-electron chi connectivity index (χ2n) is 11.7. The summed E-state index contributed by atoms with van der Waals surface area (Å²) in [6, 6.07) is 46.9. The van der Waals surface area contributed by atoms with E-state index in [2.05, 4.69) is 103 Å². The summed E-state index contributed by atoms with van der Waals surface area (Å²) in [6.45, 7) is 0. The lowest BCUT2D eigenvalue weighted by Crippen LogP contribution is -2.29. The molecule has 3 heteroatoms. The normalized spacial score (nSPS) is 15.7. The Morgan fingerprint density at radius 3 is 1.61 bits per heavy atom. The fourth-order valence-corrected chi connectivity index (χ4v) is 8.09. The fraction of sp³-hybridized carbons (Fsp3) is 0.0488. The Morgan fingerprint density at radius 1 is 0.409 bits per heavy atom. The van der Waals surface area contributed by atoms with Gasteiger partial charge in [0, 0.05) is 17.4 Å². The first-order chi connectivity index (χ1) is 21.7. The first-order valence-corrected chi connectivity index (χ1v) is 14.7. The maximum atomic E-state index is 10.9. The molecular formula is C41H21N3. The van der Waals surface area contributed by atoms with E-state index >= 15 is 0 Å². The fourth-order valence-electron chi connectivity index (χ4n) is 8.09. The largest absolute Gasteiger partial charge is 0.192 e. The molecule has 0 aliphatic heterocycles. The topological polar surface area (TPSA) is 71.4 Å². The summed E-state index contributed by atoms with van der Waals surface area (Å²) in [6.07, 6.45) is 0. The lowest BCUT2D eigenvalue weighted by molar-refractivity contribution is 0.749. The quantitative estimate of drug-likeness (QED) is 0.189. The molecule has 3 aliphatic carbocycles. The molecule has 10 rings (SSSR count). The van der Waals surface area contributed by atoms with Gasteiger partial charge in [0.25, 0.3) is 0 Å². The zero-order chi connectivity index (χ0) is 29.5. The lowest BCUT2D eigenvalue weighted by Gasteiger charge is -2.43. The Bertz CT molecular complexity index is 2520. The summed E-state index contributed by atoms with van der Waals surface area (Å²) < 4.78 is 0. The van der Waals surface area contributed by atoms with Crippen molar-refractivity contribution in [3.63, 3.8) is 0 Å². The van der Waals surface area contributed by atoms with Crippen molar-refractivity contribution in [2.45, 2.75) is 11.8 Å². The van der Waals surface area contributed by atoms with Crippen molar-refractivity contribution in [1.29, 1.82) is 15.8 Å². The van der Waals surface area contributed by atoms with E-state index in [1.807, 2.05) is 30.3 Å². The first-order valence-electron chi connectivity index (χ1n) is 14.7. The van der Waals surface area contributed by atoms with Gasteiger partial charge >= 0.3 is 0 Å². The zero-order valence-electron chi connectivity index (χ0n) is 23.5. The second kappa shape index (κ2) is 8.89. The van der Waals surface area contributed by atoms with Crippen LogP contribution in [0, 0.1) is 34.0 Å². The van der Waals surface area contributed by atoms with Crippen molar-refractivity contribution >= 4 is 32.3 Å². The van der Waals surface area contributed by atoms with Crippen molar-refractivity contribution in [2.75, 3.05) is 0 Å². The summed E-state index contributed by atoms with van der Waals surface area (Å²) >= 11 is 0.